The maximum Gasteiger partial charge on any atom is 0.436 e. The van der Waals surface area contributed by atoms with Crippen molar-refractivity contribution in [3.8, 4) is 11.1 Å². The number of carbonyl (C=O) groups is 3. The number of nitrogen functional groups attached to an aromatic ring is 1. The number of aliphatic imine (C=N–C) groups is 1. The average Bonchev–Trinajstić information content (AvgIpc) is 3.47. The van der Waals surface area contributed by atoms with Crippen LogP contribution in [0.4, 0.5) is 16.2 Å². The number of nitrogens with two attached hydrogens (primary N) is 2. The van der Waals surface area contributed by atoms with Crippen LogP contribution in [-0.4, -0.2) is 49.2 Å². The number of anilines is 2. The van der Waals surface area contributed by atoms with E-state index in [0.717, 1.165) is 61.8 Å². The van der Waals surface area contributed by atoms with Gasteiger partial charge in [-0.2, -0.15) is 4.99 Å². The second kappa shape index (κ2) is 18.4. The smallest absolute Gasteiger partial charge is 0.436 e. The van der Waals surface area contributed by atoms with Crippen molar-refractivity contribution in [2.75, 3.05) is 17.3 Å². The minimum absolute atomic E-state index is 0.0465. The number of sulfone groups is 1. The first-order valence-electron chi connectivity index (χ1n) is 16.5. The third-order valence-corrected chi connectivity index (χ3v) is 11.9. The molecule has 0 radical (unpaired) electrons. The number of carboxylic acid groups (broad SMARTS) is 1. The molecule has 6 N–H and O–H groups in total. The zero-order valence-electron chi connectivity index (χ0n) is 29.3. The number of unbranched alkanes of at least 4 members (excludes halogenated alkanes) is 7. The van der Waals surface area contributed by atoms with Gasteiger partial charge in [-0.25, -0.2) is 13.2 Å². The normalized spacial score (nSPS) is 12.1. The quantitative estimate of drug-likeness (QED) is 0.0343. The fourth-order valence-electron chi connectivity index (χ4n) is 5.33. The highest BCUT2D eigenvalue weighted by atomic mass is 32.2. The number of carbonyl (C=O) groups excluding carboxylic acids is 2. The van der Waals surface area contributed by atoms with E-state index < -0.39 is 27.5 Å². The van der Waals surface area contributed by atoms with Crippen molar-refractivity contribution in [3.63, 3.8) is 0 Å². The van der Waals surface area contributed by atoms with Gasteiger partial charge in [-0.1, -0.05) is 50.7 Å². The van der Waals surface area contributed by atoms with Crippen LogP contribution in [-0.2, 0) is 24.2 Å². The molecule has 1 heterocycles. The van der Waals surface area contributed by atoms with Crippen LogP contribution >= 0.6 is 23.1 Å². The number of benzene rings is 2. The summed E-state index contributed by atoms with van der Waals surface area (Å²) in [6.07, 6.45) is 8.81. The van der Waals surface area contributed by atoms with E-state index in [4.69, 9.17) is 21.3 Å². The molecule has 2 aromatic carbocycles. The van der Waals surface area contributed by atoms with Crippen molar-refractivity contribution in [2.24, 2.45) is 10.7 Å². The molecule has 50 heavy (non-hydrogen) atoms. The lowest BCUT2D eigenvalue weighted by Gasteiger charge is -2.17. The maximum absolute atomic E-state index is 14.0. The molecular formula is C36H48N4O7S3. The molecule has 0 aliphatic heterocycles. The second-order valence-electron chi connectivity index (χ2n) is 13.0. The number of hydrogen-bond acceptors (Lipinski definition) is 9. The van der Waals surface area contributed by atoms with Crippen LogP contribution in [0.3, 0.4) is 0 Å². The Bertz CT molecular complexity index is 1810. The largest absolute Gasteiger partial charge is 0.481 e. The number of carboxylic acids is 1. The molecule has 0 saturated carbocycles. The number of aryl methyl sites for hydroxylation is 1. The summed E-state index contributed by atoms with van der Waals surface area (Å²) >= 11 is 2.37. The zero-order valence-corrected chi connectivity index (χ0v) is 31.8. The van der Waals surface area contributed by atoms with Crippen LogP contribution < -0.4 is 16.8 Å². The Kier molecular flexibility index (Phi) is 14.9. The highest BCUT2D eigenvalue weighted by molar-refractivity contribution is 8.01. The minimum Gasteiger partial charge on any atom is -0.481 e. The van der Waals surface area contributed by atoms with Crippen molar-refractivity contribution in [1.29, 1.82) is 0 Å². The summed E-state index contributed by atoms with van der Waals surface area (Å²) in [5.74, 6) is -1.05. The number of thioether (sulfide) groups is 1. The number of nitrogens with one attached hydrogen (secondary N) is 1. The van der Waals surface area contributed by atoms with Gasteiger partial charge in [0.2, 0.25) is 15.7 Å². The number of amides is 2. The lowest BCUT2D eigenvalue weighted by atomic mass is 9.97. The van der Waals surface area contributed by atoms with Crippen LogP contribution in [0.15, 0.2) is 61.5 Å². The predicted molar refractivity (Wildman–Crippen MR) is 202 cm³/mol. The number of ether oxygens (including phenoxy) is 1. The summed E-state index contributed by atoms with van der Waals surface area (Å²) in [4.78, 5) is 40.1. The van der Waals surface area contributed by atoms with Crippen molar-refractivity contribution in [3.05, 3.63) is 52.9 Å². The molecule has 1 aromatic heterocycles. The monoisotopic (exact) mass is 744 g/mol. The number of nitrogens with zero attached hydrogens (tertiary/aromatic N) is 1. The molecule has 0 atom stereocenters. The molecule has 0 fully saturated rings. The van der Waals surface area contributed by atoms with Crippen LogP contribution in [0.5, 0.6) is 0 Å². The fraction of sp³-hybridized carbons (Fsp3) is 0.444. The summed E-state index contributed by atoms with van der Waals surface area (Å²) in [7, 11) is -4.04. The first kappa shape index (κ1) is 40.5. The maximum atomic E-state index is 14.0. The fourth-order valence-corrected chi connectivity index (χ4v) is 9.27. The summed E-state index contributed by atoms with van der Waals surface area (Å²) in [6, 6.07) is 11.4. The Morgan fingerprint density at radius 1 is 0.960 bits per heavy atom. The van der Waals surface area contributed by atoms with Crippen molar-refractivity contribution in [2.45, 2.75) is 112 Å². The van der Waals surface area contributed by atoms with Gasteiger partial charge >= 0.3 is 12.1 Å². The molecule has 0 saturated heterocycles. The molecule has 272 valence electrons. The molecular weight excluding hydrogens is 697 g/mol. The van der Waals surface area contributed by atoms with E-state index in [9.17, 15) is 22.8 Å². The van der Waals surface area contributed by atoms with Crippen LogP contribution in [0.2, 0.25) is 0 Å². The summed E-state index contributed by atoms with van der Waals surface area (Å²) in [5, 5.41) is 11.7. The van der Waals surface area contributed by atoms with Gasteiger partial charge in [-0.3, -0.25) is 9.59 Å². The third-order valence-electron chi connectivity index (χ3n) is 7.61. The van der Waals surface area contributed by atoms with Gasteiger partial charge in [-0.15, -0.1) is 23.1 Å². The molecule has 0 spiro atoms. The second-order valence-corrected chi connectivity index (χ2v) is 17.1. The van der Waals surface area contributed by atoms with Gasteiger partial charge in [0.1, 0.15) is 11.4 Å². The van der Waals surface area contributed by atoms with Crippen molar-refractivity contribution < 1.29 is 32.6 Å². The van der Waals surface area contributed by atoms with Crippen molar-refractivity contribution in [1.82, 2.24) is 0 Å². The van der Waals surface area contributed by atoms with E-state index in [1.165, 1.54) is 23.9 Å². The van der Waals surface area contributed by atoms with Crippen LogP contribution in [0.25, 0.3) is 11.1 Å². The molecule has 0 unspecified atom stereocenters. The van der Waals surface area contributed by atoms with E-state index >= 15 is 0 Å². The molecule has 11 nitrogen and oxygen atoms in total. The van der Waals surface area contributed by atoms with Crippen LogP contribution in [0, 0.1) is 6.92 Å². The van der Waals surface area contributed by atoms with E-state index in [1.54, 1.807) is 57.4 Å². The number of aliphatic carboxylic acids is 1. The van der Waals surface area contributed by atoms with E-state index in [2.05, 4.69) is 10.3 Å². The Morgan fingerprint density at radius 2 is 1.58 bits per heavy atom. The first-order valence-corrected chi connectivity index (χ1v) is 20.1. The Morgan fingerprint density at radius 3 is 2.18 bits per heavy atom. The number of amidine groups is 1. The average molecular weight is 745 g/mol. The SMILES string of the molecule is CSc1sc(/C(N)=N\C(=O)OC(C)(C)C)cc1S(=O)(=O)c1cccc(-c2c(C)cc(N)cc2NC(=O)CCCCCCCCCCC(=O)O)c1. The van der Waals surface area contributed by atoms with Gasteiger partial charge in [0.15, 0.2) is 0 Å². The zero-order chi connectivity index (χ0) is 37.1. The third kappa shape index (κ3) is 12.2. The summed E-state index contributed by atoms with van der Waals surface area (Å²) in [5.41, 5.74) is 14.5. The Hall–Kier alpha value is -3.88. The Labute approximate surface area is 303 Å². The van der Waals surface area contributed by atoms with E-state index in [1.807, 2.05) is 6.92 Å². The van der Waals surface area contributed by atoms with Gasteiger partial charge in [0.25, 0.3) is 0 Å². The predicted octanol–water partition coefficient (Wildman–Crippen LogP) is 8.42. The van der Waals surface area contributed by atoms with E-state index in [0.29, 0.717) is 44.4 Å². The molecule has 2 amide bonds. The minimum atomic E-state index is -4.04. The molecule has 3 aromatic rings. The molecule has 0 aliphatic rings. The van der Waals surface area contributed by atoms with Gasteiger partial charge < -0.3 is 26.6 Å². The highest BCUT2D eigenvalue weighted by Crippen LogP contribution is 2.39. The highest BCUT2D eigenvalue weighted by Gasteiger charge is 2.27. The molecule has 0 aliphatic carbocycles. The van der Waals surface area contributed by atoms with Crippen LogP contribution in [0.1, 0.15) is 95.4 Å². The standard InChI is InChI=1S/C36H48N4O7S3/c1-23-19-25(37)21-27(39-30(41)17-12-10-8-6-7-9-11-13-18-31(42)43)32(23)24-15-14-16-26(20-24)50(45,46)29-22-28(49-34(29)48-5)33(38)40-35(44)47-36(2,3)4/h14-16,19-22H,6-13,17-18,37H2,1-5H3,(H,39,41)(H,42,43)(H2,38,40,44). The Balaban J connectivity index is 1.76. The number of rotatable bonds is 17. The van der Waals surface area contributed by atoms with Gasteiger partial charge in [0, 0.05) is 24.1 Å². The molecule has 0 bridgehead atoms. The number of hydrogen-bond donors (Lipinski definition) is 4. The molecule has 3 rings (SSSR count). The van der Waals surface area contributed by atoms with E-state index in [-0.39, 0.29) is 28.0 Å². The first-order chi connectivity index (χ1) is 23.5. The topological polar surface area (TPSA) is 191 Å². The van der Waals surface area contributed by atoms with Gasteiger partial charge in [-0.05, 0) is 88.3 Å². The van der Waals surface area contributed by atoms with Crippen molar-refractivity contribution >= 4 is 68.1 Å². The lowest BCUT2D eigenvalue weighted by Crippen LogP contribution is -2.24. The number of thiophene rings is 1. The lowest BCUT2D eigenvalue weighted by molar-refractivity contribution is -0.137. The molecule has 14 heteroatoms. The summed E-state index contributed by atoms with van der Waals surface area (Å²) < 4.78 is 33.8. The van der Waals surface area contributed by atoms with Gasteiger partial charge in [0.05, 0.1) is 24.6 Å². The summed E-state index contributed by atoms with van der Waals surface area (Å²) in [6.45, 7) is 6.97.